The zero-order valence-corrected chi connectivity index (χ0v) is 12.5. The van der Waals surface area contributed by atoms with E-state index >= 15 is 0 Å². The first-order chi connectivity index (χ1) is 9.27. The van der Waals surface area contributed by atoms with Crippen molar-refractivity contribution >= 4 is 10.8 Å². The van der Waals surface area contributed by atoms with Gasteiger partial charge in [-0.25, -0.2) is 0 Å². The van der Waals surface area contributed by atoms with Crippen molar-refractivity contribution in [3.05, 3.63) is 35.4 Å². The third-order valence-corrected chi connectivity index (χ3v) is 5.31. The maximum atomic E-state index is 12.4. The molecule has 1 aromatic rings. The molecule has 0 saturated carbocycles. The average Bonchev–Trinajstić information content (AvgIpc) is 2.81. The van der Waals surface area contributed by atoms with E-state index in [-0.39, 0.29) is 11.3 Å². The number of rotatable bonds is 7. The van der Waals surface area contributed by atoms with Gasteiger partial charge in [0.1, 0.15) is 0 Å². The summed E-state index contributed by atoms with van der Waals surface area (Å²) in [5.41, 5.74) is 2.67. The number of hydrogen-bond donors (Lipinski definition) is 1. The third-order valence-electron chi connectivity index (χ3n) is 3.62. The Bertz CT molecular complexity index is 436. The molecule has 1 aliphatic rings. The van der Waals surface area contributed by atoms with E-state index in [1.54, 1.807) is 7.11 Å². The SMILES string of the molecule is CCCNC1c2ccccc2CC1S(=O)CCOC. The number of hydrogen-bond acceptors (Lipinski definition) is 3. The fourth-order valence-corrected chi connectivity index (χ4v) is 4.21. The Morgan fingerprint density at radius 2 is 2.21 bits per heavy atom. The van der Waals surface area contributed by atoms with Crippen LogP contribution in [0.2, 0.25) is 0 Å². The minimum Gasteiger partial charge on any atom is -0.384 e. The number of fused-ring (bicyclic) bond motifs is 1. The first-order valence-corrected chi connectivity index (χ1v) is 8.33. The molecule has 3 atom stereocenters. The van der Waals surface area contributed by atoms with Crippen molar-refractivity contribution in [3.8, 4) is 0 Å². The van der Waals surface area contributed by atoms with Gasteiger partial charge >= 0.3 is 0 Å². The lowest BCUT2D eigenvalue weighted by Gasteiger charge is -2.21. The van der Waals surface area contributed by atoms with Gasteiger partial charge in [-0.2, -0.15) is 0 Å². The highest BCUT2D eigenvalue weighted by molar-refractivity contribution is 7.85. The lowest BCUT2D eigenvalue weighted by atomic mass is 10.1. The average molecular weight is 281 g/mol. The van der Waals surface area contributed by atoms with Gasteiger partial charge in [-0.3, -0.25) is 4.21 Å². The quantitative estimate of drug-likeness (QED) is 0.831. The van der Waals surface area contributed by atoms with E-state index in [0.29, 0.717) is 12.4 Å². The molecule has 0 amide bonds. The summed E-state index contributed by atoms with van der Waals surface area (Å²) in [5, 5.41) is 3.74. The minimum atomic E-state index is -0.843. The molecule has 3 nitrogen and oxygen atoms in total. The monoisotopic (exact) mass is 281 g/mol. The lowest BCUT2D eigenvalue weighted by Crippen LogP contribution is -2.34. The van der Waals surface area contributed by atoms with E-state index in [0.717, 1.165) is 19.4 Å². The van der Waals surface area contributed by atoms with E-state index in [9.17, 15) is 4.21 Å². The fraction of sp³-hybridized carbons (Fsp3) is 0.600. The second-order valence-electron chi connectivity index (χ2n) is 4.95. The number of nitrogens with one attached hydrogen (secondary N) is 1. The molecule has 0 radical (unpaired) electrons. The molecule has 1 N–H and O–H groups in total. The molecule has 2 rings (SSSR count). The van der Waals surface area contributed by atoms with Crippen molar-refractivity contribution in [2.75, 3.05) is 26.0 Å². The largest absolute Gasteiger partial charge is 0.384 e. The Labute approximate surface area is 118 Å². The van der Waals surface area contributed by atoms with Gasteiger partial charge in [0.25, 0.3) is 0 Å². The van der Waals surface area contributed by atoms with Crippen LogP contribution >= 0.6 is 0 Å². The summed E-state index contributed by atoms with van der Waals surface area (Å²) < 4.78 is 17.5. The topological polar surface area (TPSA) is 38.3 Å². The van der Waals surface area contributed by atoms with Gasteiger partial charge in [-0.1, -0.05) is 31.2 Å². The van der Waals surface area contributed by atoms with E-state index in [1.165, 1.54) is 11.1 Å². The second kappa shape index (κ2) is 7.17. The van der Waals surface area contributed by atoms with Crippen LogP contribution in [0.15, 0.2) is 24.3 Å². The van der Waals surface area contributed by atoms with Gasteiger partial charge in [0.2, 0.25) is 0 Å². The minimum absolute atomic E-state index is 0.180. The number of ether oxygens (including phenoxy) is 1. The number of benzene rings is 1. The second-order valence-corrected chi connectivity index (χ2v) is 6.73. The summed E-state index contributed by atoms with van der Waals surface area (Å²) in [5.74, 6) is 0.624. The molecule has 106 valence electrons. The summed E-state index contributed by atoms with van der Waals surface area (Å²) >= 11 is 0. The van der Waals surface area contributed by atoms with E-state index in [2.05, 4.69) is 36.5 Å². The molecule has 0 saturated heterocycles. The Balaban J connectivity index is 2.13. The van der Waals surface area contributed by atoms with Crippen molar-refractivity contribution in [1.29, 1.82) is 0 Å². The summed E-state index contributed by atoms with van der Waals surface area (Å²) in [7, 11) is 0.818. The zero-order valence-electron chi connectivity index (χ0n) is 11.7. The molecule has 4 heteroatoms. The van der Waals surface area contributed by atoms with Crippen molar-refractivity contribution in [1.82, 2.24) is 5.32 Å². The molecule has 3 unspecified atom stereocenters. The molecule has 19 heavy (non-hydrogen) atoms. The van der Waals surface area contributed by atoms with Crippen LogP contribution in [0.3, 0.4) is 0 Å². The molecule has 0 bridgehead atoms. The predicted molar refractivity (Wildman–Crippen MR) is 79.9 cm³/mol. The molecule has 0 fully saturated rings. The van der Waals surface area contributed by atoms with Crippen LogP contribution in [0.5, 0.6) is 0 Å². The van der Waals surface area contributed by atoms with Crippen LogP contribution in [0, 0.1) is 0 Å². The van der Waals surface area contributed by atoms with Crippen LogP contribution in [-0.4, -0.2) is 35.5 Å². The lowest BCUT2D eigenvalue weighted by molar-refractivity contribution is 0.217. The van der Waals surface area contributed by atoms with Gasteiger partial charge in [-0.15, -0.1) is 0 Å². The highest BCUT2D eigenvalue weighted by Gasteiger charge is 2.35. The molecular formula is C15H23NO2S. The normalized spacial score (nSPS) is 23.3. The van der Waals surface area contributed by atoms with Crippen LogP contribution < -0.4 is 5.32 Å². The number of methoxy groups -OCH3 is 1. The summed E-state index contributed by atoms with van der Waals surface area (Å²) in [4.78, 5) is 0. The van der Waals surface area contributed by atoms with Gasteiger partial charge in [0.05, 0.1) is 11.9 Å². The molecule has 0 spiro atoms. The van der Waals surface area contributed by atoms with Crippen molar-refractivity contribution in [2.24, 2.45) is 0 Å². The summed E-state index contributed by atoms with van der Waals surface area (Å²) in [6, 6.07) is 8.68. The highest BCUT2D eigenvalue weighted by Crippen LogP contribution is 2.34. The Hall–Kier alpha value is -0.710. The zero-order chi connectivity index (χ0) is 13.7. The fourth-order valence-electron chi connectivity index (χ4n) is 2.66. The Morgan fingerprint density at radius 3 is 2.95 bits per heavy atom. The van der Waals surface area contributed by atoms with Crippen molar-refractivity contribution < 1.29 is 8.95 Å². The molecule has 1 aliphatic carbocycles. The van der Waals surface area contributed by atoms with Crippen molar-refractivity contribution in [3.63, 3.8) is 0 Å². The molecule has 0 aliphatic heterocycles. The van der Waals surface area contributed by atoms with E-state index in [4.69, 9.17) is 4.74 Å². The predicted octanol–water partition coefficient (Wildman–Crippen LogP) is 2.05. The van der Waals surface area contributed by atoms with Crippen LogP contribution in [0.1, 0.15) is 30.5 Å². The van der Waals surface area contributed by atoms with Gasteiger partial charge < -0.3 is 10.1 Å². The van der Waals surface area contributed by atoms with Gasteiger partial charge in [0, 0.05) is 29.7 Å². The molecular weight excluding hydrogens is 258 g/mol. The molecule has 0 aromatic heterocycles. The first kappa shape index (κ1) is 14.7. The van der Waals surface area contributed by atoms with Crippen LogP contribution in [0.25, 0.3) is 0 Å². The standard InChI is InChI=1S/C15H23NO2S/c1-3-8-16-15-13-7-5-4-6-12(13)11-14(15)19(17)10-9-18-2/h4-7,14-16H,3,8-11H2,1-2H3. The third kappa shape index (κ3) is 3.44. The van der Waals surface area contributed by atoms with E-state index < -0.39 is 10.8 Å². The smallest absolute Gasteiger partial charge is 0.0584 e. The highest BCUT2D eigenvalue weighted by atomic mass is 32.2. The molecule has 0 heterocycles. The Morgan fingerprint density at radius 1 is 1.42 bits per heavy atom. The molecule has 1 aromatic carbocycles. The maximum absolute atomic E-state index is 12.4. The summed E-state index contributed by atoms with van der Waals surface area (Å²) in [6.45, 7) is 3.70. The van der Waals surface area contributed by atoms with Gasteiger partial charge in [-0.05, 0) is 30.5 Å². The first-order valence-electron chi connectivity index (χ1n) is 6.95. The van der Waals surface area contributed by atoms with Crippen LogP contribution in [-0.2, 0) is 22.0 Å². The summed E-state index contributed by atoms with van der Waals surface area (Å²) in [6.07, 6.45) is 2.00. The van der Waals surface area contributed by atoms with Crippen LogP contribution in [0.4, 0.5) is 0 Å². The van der Waals surface area contributed by atoms with Crippen molar-refractivity contribution in [2.45, 2.75) is 31.1 Å². The van der Waals surface area contributed by atoms with Gasteiger partial charge in [0.15, 0.2) is 0 Å². The Kier molecular flexibility index (Phi) is 5.55. The maximum Gasteiger partial charge on any atom is 0.0584 e. The van der Waals surface area contributed by atoms with E-state index in [1.807, 2.05) is 0 Å².